The van der Waals surface area contributed by atoms with Gasteiger partial charge in [-0.1, -0.05) is 27.5 Å². The first-order valence-electron chi connectivity index (χ1n) is 5.25. The number of carbonyl (C=O) groups excluding carboxylic acids is 1. The number of halogens is 2. The van der Waals surface area contributed by atoms with Gasteiger partial charge in [0.2, 0.25) is 0 Å². The molecule has 0 aromatic heterocycles. The van der Waals surface area contributed by atoms with Gasteiger partial charge in [-0.3, -0.25) is 4.79 Å². The summed E-state index contributed by atoms with van der Waals surface area (Å²) < 4.78 is 6.11. The van der Waals surface area contributed by atoms with Gasteiger partial charge in [-0.05, 0) is 42.5 Å². The zero-order chi connectivity index (χ0) is 13.1. The van der Waals surface area contributed by atoms with Gasteiger partial charge in [0.1, 0.15) is 5.75 Å². The van der Waals surface area contributed by atoms with Crippen molar-refractivity contribution in [3.05, 3.63) is 63.1 Å². The van der Waals surface area contributed by atoms with Crippen LogP contribution in [0.2, 0.25) is 5.02 Å². The first-order chi connectivity index (χ1) is 8.61. The Kier molecular flexibility index (Phi) is 4.04. The van der Waals surface area contributed by atoms with E-state index in [4.69, 9.17) is 16.3 Å². The molecule has 0 atom stereocenters. The summed E-state index contributed by atoms with van der Waals surface area (Å²) in [4.78, 5) is 12.3. The van der Waals surface area contributed by atoms with Gasteiger partial charge in [0, 0.05) is 15.1 Å². The molecular formula is C14H10BrClO2. The Morgan fingerprint density at radius 1 is 1.17 bits per heavy atom. The summed E-state index contributed by atoms with van der Waals surface area (Å²) in [5.74, 6) is 0.411. The zero-order valence-corrected chi connectivity index (χ0v) is 12.0. The van der Waals surface area contributed by atoms with Crippen molar-refractivity contribution in [1.82, 2.24) is 0 Å². The van der Waals surface area contributed by atoms with Crippen molar-refractivity contribution >= 4 is 33.3 Å². The Hall–Kier alpha value is -1.32. The van der Waals surface area contributed by atoms with Crippen LogP contribution in [0.15, 0.2) is 46.9 Å². The minimum Gasteiger partial charge on any atom is -0.496 e. The number of benzene rings is 2. The largest absolute Gasteiger partial charge is 0.496 e. The molecule has 0 spiro atoms. The smallest absolute Gasteiger partial charge is 0.196 e. The standard InChI is InChI=1S/C14H10BrClO2/c1-18-13-7-6-11(16)8-12(13)14(17)9-2-4-10(15)5-3-9/h2-8H,1H3. The Labute approximate surface area is 119 Å². The predicted octanol–water partition coefficient (Wildman–Crippen LogP) is 4.34. The number of carbonyl (C=O) groups is 1. The van der Waals surface area contributed by atoms with Crippen molar-refractivity contribution in [3.8, 4) is 5.75 Å². The van der Waals surface area contributed by atoms with Crippen molar-refractivity contribution < 1.29 is 9.53 Å². The zero-order valence-electron chi connectivity index (χ0n) is 9.61. The van der Waals surface area contributed by atoms with Gasteiger partial charge in [-0.25, -0.2) is 0 Å². The molecule has 0 radical (unpaired) electrons. The van der Waals surface area contributed by atoms with Crippen LogP contribution >= 0.6 is 27.5 Å². The van der Waals surface area contributed by atoms with Crippen molar-refractivity contribution in [2.24, 2.45) is 0 Å². The van der Waals surface area contributed by atoms with Gasteiger partial charge in [0.15, 0.2) is 5.78 Å². The monoisotopic (exact) mass is 324 g/mol. The second kappa shape index (κ2) is 5.55. The van der Waals surface area contributed by atoms with E-state index in [0.717, 1.165) is 4.47 Å². The average Bonchev–Trinajstić information content (AvgIpc) is 2.39. The molecule has 2 rings (SSSR count). The lowest BCUT2D eigenvalue weighted by Gasteiger charge is -2.08. The molecular weight excluding hydrogens is 316 g/mol. The number of ketones is 1. The molecule has 0 aliphatic heterocycles. The maximum Gasteiger partial charge on any atom is 0.196 e. The lowest BCUT2D eigenvalue weighted by atomic mass is 10.0. The van der Waals surface area contributed by atoms with Crippen LogP contribution in [0.4, 0.5) is 0 Å². The van der Waals surface area contributed by atoms with E-state index in [-0.39, 0.29) is 5.78 Å². The highest BCUT2D eigenvalue weighted by molar-refractivity contribution is 9.10. The fraction of sp³-hybridized carbons (Fsp3) is 0.0714. The Morgan fingerprint density at radius 3 is 2.44 bits per heavy atom. The fourth-order valence-corrected chi connectivity index (χ4v) is 2.05. The van der Waals surface area contributed by atoms with Crippen LogP contribution in [0.5, 0.6) is 5.75 Å². The van der Waals surface area contributed by atoms with E-state index in [0.29, 0.717) is 21.9 Å². The molecule has 92 valence electrons. The highest BCUT2D eigenvalue weighted by Crippen LogP contribution is 2.25. The van der Waals surface area contributed by atoms with Gasteiger partial charge in [0.05, 0.1) is 12.7 Å². The molecule has 0 amide bonds. The Morgan fingerprint density at radius 2 is 1.83 bits per heavy atom. The number of rotatable bonds is 3. The summed E-state index contributed by atoms with van der Waals surface area (Å²) in [7, 11) is 1.53. The molecule has 0 aliphatic rings. The van der Waals surface area contributed by atoms with E-state index in [1.54, 1.807) is 30.3 Å². The van der Waals surface area contributed by atoms with E-state index >= 15 is 0 Å². The van der Waals surface area contributed by atoms with Crippen LogP contribution in [0, 0.1) is 0 Å². The topological polar surface area (TPSA) is 26.3 Å². The van der Waals surface area contributed by atoms with Crippen LogP contribution in [-0.4, -0.2) is 12.9 Å². The van der Waals surface area contributed by atoms with E-state index < -0.39 is 0 Å². The van der Waals surface area contributed by atoms with Gasteiger partial charge in [0.25, 0.3) is 0 Å². The summed E-state index contributed by atoms with van der Waals surface area (Å²) in [5.41, 5.74) is 1.06. The molecule has 4 heteroatoms. The maximum absolute atomic E-state index is 12.3. The molecule has 2 aromatic carbocycles. The van der Waals surface area contributed by atoms with E-state index in [2.05, 4.69) is 15.9 Å². The van der Waals surface area contributed by atoms with Crippen molar-refractivity contribution in [2.75, 3.05) is 7.11 Å². The van der Waals surface area contributed by atoms with Gasteiger partial charge >= 0.3 is 0 Å². The minimum atomic E-state index is -0.109. The third-order valence-electron chi connectivity index (χ3n) is 2.51. The van der Waals surface area contributed by atoms with Crippen LogP contribution < -0.4 is 4.74 Å². The Bertz CT molecular complexity index is 579. The molecule has 0 saturated heterocycles. The molecule has 0 aliphatic carbocycles. The average molecular weight is 326 g/mol. The number of ether oxygens (including phenoxy) is 1. The third-order valence-corrected chi connectivity index (χ3v) is 3.28. The molecule has 0 heterocycles. The van der Waals surface area contributed by atoms with Gasteiger partial charge in [-0.15, -0.1) is 0 Å². The molecule has 2 nitrogen and oxygen atoms in total. The lowest BCUT2D eigenvalue weighted by Crippen LogP contribution is -2.03. The highest BCUT2D eigenvalue weighted by Gasteiger charge is 2.14. The van der Waals surface area contributed by atoms with Crippen molar-refractivity contribution in [2.45, 2.75) is 0 Å². The molecule has 0 unspecified atom stereocenters. The van der Waals surface area contributed by atoms with Crippen LogP contribution in [-0.2, 0) is 0 Å². The van der Waals surface area contributed by atoms with Crippen molar-refractivity contribution in [1.29, 1.82) is 0 Å². The molecule has 0 bridgehead atoms. The fourth-order valence-electron chi connectivity index (χ4n) is 1.61. The predicted molar refractivity (Wildman–Crippen MR) is 75.6 cm³/mol. The summed E-state index contributed by atoms with van der Waals surface area (Å²) >= 11 is 9.25. The van der Waals surface area contributed by atoms with Crippen molar-refractivity contribution in [3.63, 3.8) is 0 Å². The number of hydrogen-bond acceptors (Lipinski definition) is 2. The summed E-state index contributed by atoms with van der Waals surface area (Å²) in [6.07, 6.45) is 0. The lowest BCUT2D eigenvalue weighted by molar-refractivity contribution is 0.103. The first-order valence-corrected chi connectivity index (χ1v) is 6.42. The molecule has 2 aromatic rings. The van der Waals surface area contributed by atoms with Crippen LogP contribution in [0.25, 0.3) is 0 Å². The highest BCUT2D eigenvalue weighted by atomic mass is 79.9. The first kappa shape index (κ1) is 13.1. The quantitative estimate of drug-likeness (QED) is 0.785. The van der Waals surface area contributed by atoms with Gasteiger partial charge < -0.3 is 4.74 Å². The second-order valence-electron chi connectivity index (χ2n) is 3.68. The minimum absolute atomic E-state index is 0.109. The molecule has 0 fully saturated rings. The Balaban J connectivity index is 2.45. The number of methoxy groups -OCH3 is 1. The normalized spacial score (nSPS) is 10.2. The second-order valence-corrected chi connectivity index (χ2v) is 5.03. The van der Waals surface area contributed by atoms with Gasteiger partial charge in [-0.2, -0.15) is 0 Å². The summed E-state index contributed by atoms with van der Waals surface area (Å²) in [6.45, 7) is 0. The van der Waals surface area contributed by atoms with Crippen LogP contribution in [0.3, 0.4) is 0 Å². The molecule has 0 N–H and O–H groups in total. The summed E-state index contributed by atoms with van der Waals surface area (Å²) in [6, 6.07) is 12.2. The maximum atomic E-state index is 12.3. The number of hydrogen-bond donors (Lipinski definition) is 0. The van der Waals surface area contributed by atoms with Crippen LogP contribution in [0.1, 0.15) is 15.9 Å². The SMILES string of the molecule is COc1ccc(Cl)cc1C(=O)c1ccc(Br)cc1. The summed E-state index contributed by atoms with van der Waals surface area (Å²) in [5, 5.41) is 0.510. The molecule has 0 saturated carbocycles. The van der Waals surface area contributed by atoms with E-state index in [1.165, 1.54) is 7.11 Å². The molecule has 18 heavy (non-hydrogen) atoms. The van der Waals surface area contributed by atoms with E-state index in [1.807, 2.05) is 12.1 Å². The third kappa shape index (κ3) is 2.74. The van der Waals surface area contributed by atoms with E-state index in [9.17, 15) is 4.79 Å².